The van der Waals surface area contributed by atoms with E-state index in [9.17, 15) is 9.59 Å². The molecule has 1 atom stereocenters. The molecule has 1 aliphatic heterocycles. The Labute approximate surface area is 193 Å². The molecule has 2 heterocycles. The lowest BCUT2D eigenvalue weighted by molar-refractivity contribution is -0.137. The number of hydrogen-bond donors (Lipinski definition) is 1. The van der Waals surface area contributed by atoms with Crippen molar-refractivity contribution in [2.24, 2.45) is 0 Å². The number of nitrogens with zero attached hydrogens (tertiary/aromatic N) is 2. The molecule has 1 amide bonds. The topological polar surface area (TPSA) is 92.9 Å². The van der Waals surface area contributed by atoms with Gasteiger partial charge in [0.1, 0.15) is 23.8 Å². The molecule has 0 saturated carbocycles. The van der Waals surface area contributed by atoms with Gasteiger partial charge in [-0.2, -0.15) is 0 Å². The van der Waals surface area contributed by atoms with Crippen molar-refractivity contribution in [1.29, 1.82) is 0 Å². The number of rotatable bonds is 9. The molecule has 1 aromatic heterocycles. The van der Waals surface area contributed by atoms with Gasteiger partial charge in [-0.3, -0.25) is 9.59 Å². The number of carbonyl (C=O) groups is 2. The van der Waals surface area contributed by atoms with Gasteiger partial charge in [0.25, 0.3) is 0 Å². The normalized spacial score (nSPS) is 15.5. The maximum absolute atomic E-state index is 13.0. The number of carboxylic acid groups (broad SMARTS) is 1. The summed E-state index contributed by atoms with van der Waals surface area (Å²) in [5.74, 6) is 0.584. The van der Waals surface area contributed by atoms with Gasteiger partial charge in [-0.1, -0.05) is 47.6 Å². The first-order valence-corrected chi connectivity index (χ1v) is 11.2. The molecule has 0 spiro atoms. The number of hydrogen-bond acceptors (Lipinski definition) is 5. The molecule has 172 valence electrons. The molecule has 33 heavy (non-hydrogen) atoms. The zero-order valence-corrected chi connectivity index (χ0v) is 18.7. The van der Waals surface area contributed by atoms with Crippen LogP contribution in [0, 0.1) is 6.92 Å². The number of carbonyl (C=O) groups excluding carboxylic acids is 1. The Morgan fingerprint density at radius 1 is 1.15 bits per heavy atom. The van der Waals surface area contributed by atoms with E-state index in [1.807, 2.05) is 60.4 Å². The highest BCUT2D eigenvalue weighted by molar-refractivity contribution is 5.79. The SMILES string of the molecule is Cc1ccccc1OCc1ccc(CC(=O)N2CCCC2c2cc(CCC(=O)O)on2)cc1. The van der Waals surface area contributed by atoms with Crippen molar-refractivity contribution in [3.63, 3.8) is 0 Å². The summed E-state index contributed by atoms with van der Waals surface area (Å²) < 4.78 is 11.2. The molecule has 4 rings (SSSR count). The average molecular weight is 449 g/mol. The van der Waals surface area contributed by atoms with E-state index in [4.69, 9.17) is 14.4 Å². The van der Waals surface area contributed by atoms with Crippen molar-refractivity contribution < 1.29 is 24.0 Å². The van der Waals surface area contributed by atoms with Gasteiger partial charge in [0.15, 0.2) is 0 Å². The predicted octanol–water partition coefficient (Wildman–Crippen LogP) is 4.49. The molecule has 0 bridgehead atoms. The summed E-state index contributed by atoms with van der Waals surface area (Å²) >= 11 is 0. The van der Waals surface area contributed by atoms with Gasteiger partial charge >= 0.3 is 5.97 Å². The van der Waals surface area contributed by atoms with E-state index in [0.29, 0.717) is 37.4 Å². The summed E-state index contributed by atoms with van der Waals surface area (Å²) in [6.45, 7) is 3.18. The lowest BCUT2D eigenvalue weighted by Crippen LogP contribution is -2.32. The van der Waals surface area contributed by atoms with Crippen LogP contribution < -0.4 is 4.74 Å². The molecule has 0 radical (unpaired) electrons. The maximum Gasteiger partial charge on any atom is 0.303 e. The minimum Gasteiger partial charge on any atom is -0.489 e. The Morgan fingerprint density at radius 2 is 1.91 bits per heavy atom. The molecule has 1 N–H and O–H groups in total. The number of aryl methyl sites for hydroxylation is 2. The third-order valence-corrected chi connectivity index (χ3v) is 5.94. The van der Waals surface area contributed by atoms with E-state index >= 15 is 0 Å². The largest absolute Gasteiger partial charge is 0.489 e. The molecule has 2 aromatic carbocycles. The van der Waals surface area contributed by atoms with Crippen molar-refractivity contribution in [1.82, 2.24) is 10.1 Å². The van der Waals surface area contributed by atoms with Crippen LogP contribution in [0.2, 0.25) is 0 Å². The van der Waals surface area contributed by atoms with Crippen molar-refractivity contribution in [2.75, 3.05) is 6.54 Å². The molecule has 7 heteroatoms. The molecule has 1 unspecified atom stereocenters. The number of likely N-dealkylation sites (tertiary alicyclic amines) is 1. The van der Waals surface area contributed by atoms with Crippen LogP contribution in [0.15, 0.2) is 59.1 Å². The third kappa shape index (κ3) is 5.80. The van der Waals surface area contributed by atoms with Crippen molar-refractivity contribution in [2.45, 2.75) is 51.7 Å². The van der Waals surface area contributed by atoms with Crippen molar-refractivity contribution >= 4 is 11.9 Å². The van der Waals surface area contributed by atoms with Crippen LogP contribution in [-0.2, 0) is 29.0 Å². The monoisotopic (exact) mass is 448 g/mol. The van der Waals surface area contributed by atoms with Crippen LogP contribution in [-0.4, -0.2) is 33.6 Å². The van der Waals surface area contributed by atoms with Crippen molar-refractivity contribution in [3.8, 4) is 5.75 Å². The third-order valence-electron chi connectivity index (χ3n) is 5.94. The highest BCUT2D eigenvalue weighted by Crippen LogP contribution is 2.32. The van der Waals surface area contributed by atoms with Gasteiger partial charge in [0.05, 0.1) is 18.9 Å². The van der Waals surface area contributed by atoms with Gasteiger partial charge < -0.3 is 19.3 Å². The molecule has 3 aromatic rings. The fourth-order valence-electron chi connectivity index (χ4n) is 4.12. The summed E-state index contributed by atoms with van der Waals surface area (Å²) in [5, 5.41) is 12.9. The van der Waals surface area contributed by atoms with Gasteiger partial charge in [-0.05, 0) is 42.5 Å². The van der Waals surface area contributed by atoms with Crippen LogP contribution in [0.1, 0.15) is 53.4 Å². The van der Waals surface area contributed by atoms with E-state index in [1.54, 1.807) is 6.07 Å². The second kappa shape index (κ2) is 10.3. The quantitative estimate of drug-likeness (QED) is 0.519. The van der Waals surface area contributed by atoms with Crippen LogP contribution >= 0.6 is 0 Å². The molecule has 1 saturated heterocycles. The van der Waals surface area contributed by atoms with Crippen LogP contribution in [0.3, 0.4) is 0 Å². The van der Waals surface area contributed by atoms with Crippen LogP contribution in [0.25, 0.3) is 0 Å². The lowest BCUT2D eigenvalue weighted by atomic mass is 10.1. The predicted molar refractivity (Wildman–Crippen MR) is 122 cm³/mol. The molecule has 7 nitrogen and oxygen atoms in total. The van der Waals surface area contributed by atoms with E-state index in [1.165, 1.54) is 0 Å². The number of amides is 1. The maximum atomic E-state index is 13.0. The van der Waals surface area contributed by atoms with Gasteiger partial charge in [-0.15, -0.1) is 0 Å². The second-order valence-corrected chi connectivity index (χ2v) is 8.40. The first-order chi connectivity index (χ1) is 16.0. The number of carboxylic acids is 1. The van der Waals surface area contributed by atoms with Gasteiger partial charge in [0.2, 0.25) is 5.91 Å². The Hall–Kier alpha value is -3.61. The van der Waals surface area contributed by atoms with Crippen LogP contribution in [0.4, 0.5) is 0 Å². The Bertz CT molecular complexity index is 1110. The molecular weight excluding hydrogens is 420 g/mol. The number of aromatic nitrogens is 1. The summed E-state index contributed by atoms with van der Waals surface area (Å²) in [6, 6.07) is 17.5. The fourth-order valence-corrected chi connectivity index (χ4v) is 4.12. The number of aliphatic carboxylic acids is 1. The Morgan fingerprint density at radius 3 is 2.67 bits per heavy atom. The molecular formula is C26H28N2O5. The number of ether oxygens (including phenoxy) is 1. The Balaban J connectivity index is 1.33. The number of benzene rings is 2. The smallest absolute Gasteiger partial charge is 0.303 e. The summed E-state index contributed by atoms with van der Waals surface area (Å²) in [6.07, 6.45) is 2.34. The molecule has 0 aliphatic carbocycles. The van der Waals surface area contributed by atoms with Crippen LogP contribution in [0.5, 0.6) is 5.75 Å². The average Bonchev–Trinajstić information content (AvgIpc) is 3.47. The van der Waals surface area contributed by atoms with Gasteiger partial charge in [-0.25, -0.2) is 0 Å². The first-order valence-electron chi connectivity index (χ1n) is 11.2. The molecule has 1 aliphatic rings. The zero-order chi connectivity index (χ0) is 23.2. The van der Waals surface area contributed by atoms with E-state index in [0.717, 1.165) is 35.3 Å². The van der Waals surface area contributed by atoms with E-state index in [-0.39, 0.29) is 18.4 Å². The van der Waals surface area contributed by atoms with Crippen molar-refractivity contribution in [3.05, 3.63) is 82.7 Å². The Kier molecular flexibility index (Phi) is 7.07. The highest BCUT2D eigenvalue weighted by atomic mass is 16.5. The fraction of sp³-hybridized carbons (Fsp3) is 0.346. The minimum atomic E-state index is -0.876. The lowest BCUT2D eigenvalue weighted by Gasteiger charge is -2.23. The van der Waals surface area contributed by atoms with E-state index in [2.05, 4.69) is 5.16 Å². The first kappa shape index (κ1) is 22.6. The highest BCUT2D eigenvalue weighted by Gasteiger charge is 2.32. The summed E-state index contributed by atoms with van der Waals surface area (Å²) in [7, 11) is 0. The van der Waals surface area contributed by atoms with E-state index < -0.39 is 5.97 Å². The standard InChI is InChI=1S/C26H28N2O5/c1-18-5-2-3-7-24(18)32-17-20-10-8-19(9-11-20)15-25(29)28-14-4-6-23(28)22-16-21(33-27-22)12-13-26(30)31/h2-3,5,7-11,16,23H,4,6,12-15,17H2,1H3,(H,30,31). The zero-order valence-electron chi connectivity index (χ0n) is 18.7. The second-order valence-electron chi connectivity index (χ2n) is 8.40. The van der Waals surface area contributed by atoms with Gasteiger partial charge in [0, 0.05) is 19.0 Å². The minimum absolute atomic E-state index is 0.00602. The summed E-state index contributed by atoms with van der Waals surface area (Å²) in [5.41, 5.74) is 3.79. The summed E-state index contributed by atoms with van der Waals surface area (Å²) in [4.78, 5) is 25.6. The number of para-hydroxylation sites is 1. The molecule has 1 fully saturated rings.